The number of cyclic esters (lactones) is 2. The molecule has 5 rings (SSSR count). The fourth-order valence-electron chi connectivity index (χ4n) is 9.07. The van der Waals surface area contributed by atoms with Crippen LogP contribution in [-0.2, 0) is 121 Å². The van der Waals surface area contributed by atoms with E-state index in [1.807, 2.05) is 0 Å². The minimum Gasteiger partial charge on any atom is -0.463 e. The van der Waals surface area contributed by atoms with Crippen LogP contribution in [0.2, 0.25) is 0 Å². The summed E-state index contributed by atoms with van der Waals surface area (Å²) in [4.78, 5) is 53.8. The van der Waals surface area contributed by atoms with Crippen LogP contribution in [0.25, 0.3) is 0 Å². The second-order valence-electron chi connectivity index (χ2n) is 23.5. The number of rotatable bonds is 34. The average molecular weight is 1730 g/mol. The largest absolute Gasteiger partial charge is 0.463 e. The van der Waals surface area contributed by atoms with Crippen molar-refractivity contribution >= 4 is 80.3 Å². The van der Waals surface area contributed by atoms with Crippen molar-refractivity contribution in [2.45, 2.75) is 261 Å². The summed E-state index contributed by atoms with van der Waals surface area (Å²) in [6.07, 6.45) is -53.0. The van der Waals surface area contributed by atoms with Gasteiger partial charge in [0.05, 0.1) is 38.4 Å². The SMILES string of the molecule is CC(OS(=O)(=O)C1CCC(S(=O)(=O)OC(C(F)(F)F)C(F)(F)F)CC1)C(F)F.CC(OS(=O)(=O)c1ccc(S(=O)(=O)OC(C(F)(F)F)C(F)(F)F)cc1)C(F)F.CCCCCCCCCCCCc1ccc(S(=O)(=O)OC(C(F)(F)F)C(F)(F)F)cc1.O=C(CC(=O)OC1CCOC1=O)CC(=O)OC1CCOC1=O. The van der Waals surface area contributed by atoms with E-state index >= 15 is 0 Å². The first-order valence-electron chi connectivity index (χ1n) is 31.6. The lowest BCUT2D eigenvalue weighted by molar-refractivity contribution is -0.300. The highest BCUT2D eigenvalue weighted by atomic mass is 32.2. The van der Waals surface area contributed by atoms with Crippen LogP contribution in [0.3, 0.4) is 0 Å². The molecule has 4 unspecified atom stereocenters. The number of esters is 4. The number of hydrogen-bond donors (Lipinski definition) is 0. The smallest absolute Gasteiger partial charge is 0.425 e. The summed E-state index contributed by atoms with van der Waals surface area (Å²) in [5.74, 6) is -3.86. The maximum Gasteiger partial charge on any atom is 0.425 e. The minimum absolute atomic E-state index is 0.161. The molecule has 109 heavy (non-hydrogen) atoms. The third-order valence-corrected chi connectivity index (χ3v) is 22.2. The highest BCUT2D eigenvalue weighted by Gasteiger charge is 2.63. The van der Waals surface area contributed by atoms with E-state index in [-0.39, 0.29) is 26.1 Å². The topological polar surface area (TPSA) is 339 Å². The molecule has 0 bridgehead atoms. The van der Waals surface area contributed by atoms with Gasteiger partial charge in [-0.25, -0.2) is 39.7 Å². The summed E-state index contributed by atoms with van der Waals surface area (Å²) in [5, 5.41) is -3.25. The molecular formula is C58H70F22O24S5. The first-order valence-corrected chi connectivity index (χ1v) is 38.8. The van der Waals surface area contributed by atoms with Gasteiger partial charge in [-0.2, -0.15) is 121 Å². The number of ketones is 1. The van der Waals surface area contributed by atoms with Crippen molar-refractivity contribution in [2.24, 2.45) is 0 Å². The van der Waals surface area contributed by atoms with E-state index in [2.05, 4.69) is 37.3 Å². The van der Waals surface area contributed by atoms with Crippen molar-refractivity contribution in [3.05, 3.63) is 54.1 Å². The van der Waals surface area contributed by atoms with E-state index in [4.69, 9.17) is 9.47 Å². The van der Waals surface area contributed by atoms with Gasteiger partial charge in [-0.3, -0.25) is 22.7 Å². The zero-order valence-corrected chi connectivity index (χ0v) is 60.6. The van der Waals surface area contributed by atoms with Gasteiger partial charge < -0.3 is 18.9 Å². The number of aryl methyl sites for hydroxylation is 1. The molecule has 2 heterocycles. The Hall–Kier alpha value is -6.00. The molecule has 0 amide bonds. The molecule has 2 aromatic carbocycles. The fraction of sp³-hybridized carbons (Fsp3) is 0.707. The van der Waals surface area contributed by atoms with Crippen LogP contribution < -0.4 is 0 Å². The van der Waals surface area contributed by atoms with Gasteiger partial charge in [0.2, 0.25) is 12.2 Å². The van der Waals surface area contributed by atoms with E-state index in [0.29, 0.717) is 37.6 Å². The summed E-state index contributed by atoms with van der Waals surface area (Å²) in [5.41, 5.74) is 0.752. The summed E-state index contributed by atoms with van der Waals surface area (Å²) >= 11 is 0. The Bertz CT molecular complexity index is 3740. The van der Waals surface area contributed by atoms with E-state index in [0.717, 1.165) is 50.3 Å². The molecule has 3 fully saturated rings. The first kappa shape index (κ1) is 99.1. The van der Waals surface area contributed by atoms with Crippen LogP contribution in [0.15, 0.2) is 63.2 Å². The van der Waals surface area contributed by atoms with Gasteiger partial charge in [-0.15, -0.1) is 0 Å². The lowest BCUT2D eigenvalue weighted by atomic mass is 10.00. The van der Waals surface area contributed by atoms with E-state index in [9.17, 15) is 163 Å². The molecule has 1 saturated carbocycles. The lowest BCUT2D eigenvalue weighted by Gasteiger charge is -2.30. The Labute approximate surface area is 608 Å². The maximum atomic E-state index is 12.5. The predicted octanol–water partition coefficient (Wildman–Crippen LogP) is 12.8. The molecule has 2 saturated heterocycles. The normalized spacial score (nSPS) is 18.6. The molecule has 0 aromatic heterocycles. The van der Waals surface area contributed by atoms with Crippen molar-refractivity contribution in [1.29, 1.82) is 0 Å². The Balaban J connectivity index is 0.000000496. The molecule has 0 radical (unpaired) electrons. The number of benzene rings is 2. The Kier molecular flexibility index (Phi) is 37.9. The van der Waals surface area contributed by atoms with E-state index in [1.165, 1.54) is 50.7 Å². The van der Waals surface area contributed by atoms with E-state index in [1.54, 1.807) is 0 Å². The summed E-state index contributed by atoms with van der Waals surface area (Å²) < 4.78 is 429. The Morgan fingerprint density at radius 1 is 0.404 bits per heavy atom. The molecule has 51 heteroatoms. The summed E-state index contributed by atoms with van der Waals surface area (Å²) in [6, 6.07) is 6.13. The van der Waals surface area contributed by atoms with Gasteiger partial charge in [0.15, 0.2) is 5.78 Å². The number of ether oxygens (including phenoxy) is 4. The molecular weight excluding hydrogens is 1660 g/mol. The third-order valence-electron chi connectivity index (χ3n) is 14.6. The number of hydrogen-bond acceptors (Lipinski definition) is 24. The average Bonchev–Trinajstić information content (AvgIpc) is 1.19. The lowest BCUT2D eigenvalue weighted by Crippen LogP contribution is -2.47. The van der Waals surface area contributed by atoms with Gasteiger partial charge in [0.25, 0.3) is 81.8 Å². The van der Waals surface area contributed by atoms with Crippen molar-refractivity contribution in [3.63, 3.8) is 0 Å². The van der Waals surface area contributed by atoms with Crippen LogP contribution in [0.5, 0.6) is 0 Å². The predicted molar refractivity (Wildman–Crippen MR) is 323 cm³/mol. The van der Waals surface area contributed by atoms with Crippen molar-refractivity contribution in [3.8, 4) is 0 Å². The zero-order valence-electron chi connectivity index (χ0n) is 56.5. The fourth-order valence-corrected chi connectivity index (χ4v) is 15.2. The number of halogens is 22. The minimum atomic E-state index is -6.10. The molecule has 2 aliphatic heterocycles. The third kappa shape index (κ3) is 34.9. The van der Waals surface area contributed by atoms with Gasteiger partial charge in [-0.1, -0.05) is 76.8 Å². The summed E-state index contributed by atoms with van der Waals surface area (Å²) in [6.45, 7) is 3.99. The van der Waals surface area contributed by atoms with Crippen molar-refractivity contribution in [2.75, 3.05) is 13.2 Å². The standard InChI is InChI=1S/C21H30F6O3S.C13H14O9.C12H16F8O6S2.C12H10F8O6S2/c1-2-3-4-5-6-7-8-9-10-11-12-17-13-15-18(16-14-17)31(28,29)30-19(20(22,23)24)21(25,26)27;14-7(5-10(15)21-8-1-3-19-12(8)17)6-11(16)22-9-2-4-20-13(9)18;2*1-6(9(13)14)25-27(21,22)7-2-4-8(5-3-7)28(23,24)26-10(11(15,16)17)12(18,19)20/h13-16,19H,2-12H2,1H3;8-9H,1-6H2;6-10H,2-5H2,1H3;2-6,9-10H,1H3. The molecule has 4 atom stereocenters. The zero-order chi connectivity index (χ0) is 83.9. The molecule has 630 valence electrons. The van der Waals surface area contributed by atoms with E-state index < -0.39 is 237 Å². The molecule has 0 N–H and O–H groups in total. The monoisotopic (exact) mass is 1730 g/mol. The number of alkyl halides is 22. The quantitative estimate of drug-likeness (QED) is 0.0157. The highest BCUT2D eigenvalue weighted by molar-refractivity contribution is 7.88. The highest BCUT2D eigenvalue weighted by Crippen LogP contribution is 2.42. The second kappa shape index (κ2) is 41.7. The Morgan fingerprint density at radius 2 is 0.679 bits per heavy atom. The first-order chi connectivity index (χ1) is 49.6. The van der Waals surface area contributed by atoms with Crippen LogP contribution in [0, 0.1) is 0 Å². The van der Waals surface area contributed by atoms with Gasteiger partial charge in [-0.05, 0) is 94.3 Å². The number of Topliss-reactive ketones (excluding diaryl/α,β-unsaturated/α-hetero) is 1. The molecule has 1 aliphatic carbocycles. The van der Waals surface area contributed by atoms with Crippen LogP contribution in [-0.4, -0.2) is 188 Å². The second-order valence-corrected chi connectivity index (χ2v) is 31.9. The number of carbonyl (C=O) groups excluding carboxylic acids is 5. The number of unbranched alkanes of at least 4 members (excludes halogenated alkanes) is 9. The summed E-state index contributed by atoms with van der Waals surface area (Å²) in [7, 11) is -25.6. The maximum absolute atomic E-state index is 12.5. The Morgan fingerprint density at radius 3 is 0.972 bits per heavy atom. The number of carbonyl (C=O) groups is 5. The molecule has 3 aliphatic rings. The molecule has 24 nitrogen and oxygen atoms in total. The van der Waals surface area contributed by atoms with Crippen LogP contribution >= 0.6 is 0 Å². The molecule has 0 spiro atoms. The van der Waals surface area contributed by atoms with Crippen molar-refractivity contribution < 1.29 is 203 Å². The molecule has 2 aromatic rings. The van der Waals surface area contributed by atoms with Crippen LogP contribution in [0.1, 0.15) is 142 Å². The van der Waals surface area contributed by atoms with Gasteiger partial charge in [0.1, 0.15) is 25.0 Å². The van der Waals surface area contributed by atoms with Crippen molar-refractivity contribution in [1.82, 2.24) is 0 Å². The van der Waals surface area contributed by atoms with Gasteiger partial charge >= 0.3 is 60.9 Å². The van der Waals surface area contributed by atoms with Crippen LogP contribution in [0.4, 0.5) is 96.6 Å². The van der Waals surface area contributed by atoms with Gasteiger partial charge in [0, 0.05) is 12.8 Å².